The van der Waals surface area contributed by atoms with Gasteiger partial charge in [0.15, 0.2) is 0 Å². The van der Waals surface area contributed by atoms with Gasteiger partial charge in [-0.15, -0.1) is 0 Å². The molecule has 0 aliphatic carbocycles. The second kappa shape index (κ2) is 7.81. The van der Waals surface area contributed by atoms with E-state index in [4.69, 9.17) is 4.74 Å². The van der Waals surface area contributed by atoms with Crippen molar-refractivity contribution in [2.24, 2.45) is 0 Å². The number of anilines is 1. The summed E-state index contributed by atoms with van der Waals surface area (Å²) in [5.74, 6) is 0. The van der Waals surface area contributed by atoms with Crippen molar-refractivity contribution in [2.75, 3.05) is 26.5 Å². The molecule has 0 bridgehead atoms. The molecule has 0 fully saturated rings. The maximum absolute atomic E-state index is 5.25. The zero-order chi connectivity index (χ0) is 15.1. The second-order valence-corrected chi connectivity index (χ2v) is 5.49. The molecule has 0 aliphatic heterocycles. The van der Waals surface area contributed by atoms with Crippen LogP contribution in [0.1, 0.15) is 16.7 Å². The van der Waals surface area contributed by atoms with Crippen LogP contribution >= 0.6 is 0 Å². The summed E-state index contributed by atoms with van der Waals surface area (Å²) in [6.45, 7) is 2.42. The lowest BCUT2D eigenvalue weighted by atomic mass is 10.1. The Bertz CT molecular complexity index is 567. The van der Waals surface area contributed by atoms with Gasteiger partial charge in [-0.25, -0.2) is 0 Å². The molecule has 2 rings (SSSR count). The van der Waals surface area contributed by atoms with E-state index in [0.717, 1.165) is 18.8 Å². The lowest BCUT2D eigenvalue weighted by molar-refractivity contribution is 0.184. The molecule has 2 aromatic carbocycles. The van der Waals surface area contributed by atoms with Gasteiger partial charge in [-0.05, 0) is 42.9 Å². The molecule has 0 unspecified atom stereocenters. The minimum absolute atomic E-state index is 0.651. The van der Waals surface area contributed by atoms with Gasteiger partial charge in [0.05, 0.1) is 6.61 Å². The molecule has 0 heterocycles. The minimum Gasteiger partial charge on any atom is -0.381 e. The zero-order valence-electron chi connectivity index (χ0n) is 13.1. The molecule has 21 heavy (non-hydrogen) atoms. The van der Waals surface area contributed by atoms with E-state index in [9.17, 15) is 0 Å². The Morgan fingerprint density at radius 1 is 1.00 bits per heavy atom. The molecule has 3 nitrogen and oxygen atoms in total. The predicted molar refractivity (Wildman–Crippen MR) is 88.3 cm³/mol. The van der Waals surface area contributed by atoms with Gasteiger partial charge < -0.3 is 15.0 Å². The van der Waals surface area contributed by atoms with Crippen LogP contribution in [0.5, 0.6) is 0 Å². The highest BCUT2D eigenvalue weighted by Gasteiger charge is 2.02. The third-order valence-corrected chi connectivity index (χ3v) is 3.33. The van der Waals surface area contributed by atoms with Gasteiger partial charge in [-0.3, -0.25) is 0 Å². The Hall–Kier alpha value is -1.84. The summed E-state index contributed by atoms with van der Waals surface area (Å²) in [4.78, 5) is 2.17. The molecule has 0 spiro atoms. The van der Waals surface area contributed by atoms with E-state index < -0.39 is 0 Å². The van der Waals surface area contributed by atoms with Gasteiger partial charge in [0.2, 0.25) is 0 Å². The lowest BCUT2D eigenvalue weighted by Crippen LogP contribution is -2.11. The first-order chi connectivity index (χ1) is 10.2. The molecule has 0 radical (unpaired) electrons. The first-order valence-corrected chi connectivity index (χ1v) is 7.22. The highest BCUT2D eigenvalue weighted by Crippen LogP contribution is 2.15. The Kier molecular flexibility index (Phi) is 5.78. The zero-order valence-corrected chi connectivity index (χ0v) is 13.1. The average Bonchev–Trinajstić information content (AvgIpc) is 2.46. The number of hydrogen-bond acceptors (Lipinski definition) is 3. The van der Waals surface area contributed by atoms with E-state index in [-0.39, 0.29) is 0 Å². The van der Waals surface area contributed by atoms with Crippen molar-refractivity contribution >= 4 is 5.69 Å². The number of nitrogens with one attached hydrogen (secondary N) is 1. The van der Waals surface area contributed by atoms with Crippen LogP contribution in [0.25, 0.3) is 0 Å². The predicted octanol–water partition coefficient (Wildman–Crippen LogP) is 3.51. The molecule has 1 N–H and O–H groups in total. The van der Waals surface area contributed by atoms with Crippen molar-refractivity contribution in [3.8, 4) is 0 Å². The minimum atomic E-state index is 0.651. The average molecular weight is 284 g/mol. The molecule has 0 aromatic heterocycles. The molecule has 3 heteroatoms. The Labute approximate surface area is 127 Å². The standard InChI is InChI=1S/C18H24N2O/c1-20(2)13-15-7-6-10-18(11-15)19-12-16-8-4-5-9-17(16)14-21-3/h4-11,19H,12-14H2,1-3H3. The van der Waals surface area contributed by atoms with Crippen molar-refractivity contribution in [1.82, 2.24) is 4.90 Å². The summed E-state index contributed by atoms with van der Waals surface area (Å²) in [7, 11) is 5.90. The SMILES string of the molecule is COCc1ccccc1CNc1cccc(CN(C)C)c1. The van der Waals surface area contributed by atoms with Gasteiger partial charge in [-0.2, -0.15) is 0 Å². The van der Waals surface area contributed by atoms with E-state index in [2.05, 4.69) is 72.8 Å². The fourth-order valence-corrected chi connectivity index (χ4v) is 2.37. The van der Waals surface area contributed by atoms with Crippen LogP contribution in [-0.4, -0.2) is 26.1 Å². The van der Waals surface area contributed by atoms with E-state index >= 15 is 0 Å². The van der Waals surface area contributed by atoms with Gasteiger partial charge in [-0.1, -0.05) is 36.4 Å². The van der Waals surface area contributed by atoms with Crippen LogP contribution in [0.3, 0.4) is 0 Å². The summed E-state index contributed by atoms with van der Waals surface area (Å²) in [5.41, 5.74) is 4.98. The Morgan fingerprint density at radius 3 is 2.48 bits per heavy atom. The molecule has 112 valence electrons. The highest BCUT2D eigenvalue weighted by atomic mass is 16.5. The smallest absolute Gasteiger partial charge is 0.0716 e. The van der Waals surface area contributed by atoms with Crippen LogP contribution < -0.4 is 5.32 Å². The fraction of sp³-hybridized carbons (Fsp3) is 0.333. The number of ether oxygens (including phenoxy) is 1. The summed E-state index contributed by atoms with van der Waals surface area (Å²) in [5, 5.41) is 3.50. The molecule has 0 saturated carbocycles. The Balaban J connectivity index is 2.03. The normalized spacial score (nSPS) is 10.9. The molecule has 0 saturated heterocycles. The Morgan fingerprint density at radius 2 is 1.76 bits per heavy atom. The van der Waals surface area contributed by atoms with Crippen LogP contribution in [0.15, 0.2) is 48.5 Å². The number of nitrogens with zero attached hydrogens (tertiary/aromatic N) is 1. The van der Waals surface area contributed by atoms with Crippen molar-refractivity contribution < 1.29 is 4.74 Å². The van der Waals surface area contributed by atoms with Gasteiger partial charge in [0.25, 0.3) is 0 Å². The lowest BCUT2D eigenvalue weighted by Gasteiger charge is -2.13. The molecule has 0 atom stereocenters. The van der Waals surface area contributed by atoms with E-state index in [1.807, 2.05) is 0 Å². The molecule has 0 amide bonds. The summed E-state index contributed by atoms with van der Waals surface area (Å²) < 4.78 is 5.25. The first-order valence-electron chi connectivity index (χ1n) is 7.22. The van der Waals surface area contributed by atoms with Crippen molar-refractivity contribution in [3.05, 3.63) is 65.2 Å². The van der Waals surface area contributed by atoms with Crippen molar-refractivity contribution in [1.29, 1.82) is 0 Å². The fourth-order valence-electron chi connectivity index (χ4n) is 2.37. The molecule has 2 aromatic rings. The van der Waals surface area contributed by atoms with Crippen molar-refractivity contribution in [2.45, 2.75) is 19.7 Å². The summed E-state index contributed by atoms with van der Waals surface area (Å²) in [6, 6.07) is 16.9. The third-order valence-electron chi connectivity index (χ3n) is 3.33. The van der Waals surface area contributed by atoms with Gasteiger partial charge in [0, 0.05) is 25.9 Å². The monoisotopic (exact) mass is 284 g/mol. The van der Waals surface area contributed by atoms with E-state index in [1.165, 1.54) is 16.7 Å². The maximum atomic E-state index is 5.25. The maximum Gasteiger partial charge on any atom is 0.0716 e. The van der Waals surface area contributed by atoms with Crippen LogP contribution in [0.2, 0.25) is 0 Å². The number of methoxy groups -OCH3 is 1. The summed E-state index contributed by atoms with van der Waals surface area (Å²) in [6.07, 6.45) is 0. The molecular formula is C18H24N2O. The van der Waals surface area contributed by atoms with Crippen molar-refractivity contribution in [3.63, 3.8) is 0 Å². The largest absolute Gasteiger partial charge is 0.381 e. The van der Waals surface area contributed by atoms with E-state index in [1.54, 1.807) is 7.11 Å². The third kappa shape index (κ3) is 4.88. The van der Waals surface area contributed by atoms with Gasteiger partial charge in [0.1, 0.15) is 0 Å². The first kappa shape index (κ1) is 15.5. The van der Waals surface area contributed by atoms with Crippen LogP contribution in [-0.2, 0) is 24.4 Å². The van der Waals surface area contributed by atoms with Crippen LogP contribution in [0.4, 0.5) is 5.69 Å². The second-order valence-electron chi connectivity index (χ2n) is 5.49. The van der Waals surface area contributed by atoms with E-state index in [0.29, 0.717) is 6.61 Å². The number of benzene rings is 2. The summed E-state index contributed by atoms with van der Waals surface area (Å²) >= 11 is 0. The highest BCUT2D eigenvalue weighted by molar-refractivity contribution is 5.46. The molecular weight excluding hydrogens is 260 g/mol. The van der Waals surface area contributed by atoms with Crippen LogP contribution in [0, 0.1) is 0 Å². The quantitative estimate of drug-likeness (QED) is 0.842. The molecule has 0 aliphatic rings. The number of rotatable bonds is 7. The van der Waals surface area contributed by atoms with Gasteiger partial charge >= 0.3 is 0 Å². The number of hydrogen-bond donors (Lipinski definition) is 1. The topological polar surface area (TPSA) is 24.5 Å².